The van der Waals surface area contributed by atoms with Crippen LogP contribution in [0.25, 0.3) is 0 Å². The Labute approximate surface area is 100 Å². The van der Waals surface area contributed by atoms with E-state index in [1.165, 1.54) is 0 Å². The summed E-state index contributed by atoms with van der Waals surface area (Å²) in [7, 11) is 1.56. The first-order valence-electron chi connectivity index (χ1n) is 5.23. The van der Waals surface area contributed by atoms with E-state index in [2.05, 4.69) is 4.98 Å². The predicted octanol–water partition coefficient (Wildman–Crippen LogP) is 2.77. The first-order valence-corrected chi connectivity index (χ1v) is 5.23. The summed E-state index contributed by atoms with van der Waals surface area (Å²) in [5, 5.41) is 0. The molecule has 0 radical (unpaired) electrons. The van der Waals surface area contributed by atoms with Gasteiger partial charge in [0, 0.05) is 12.3 Å². The summed E-state index contributed by atoms with van der Waals surface area (Å²) in [4.78, 5) is 4.00. The summed E-state index contributed by atoms with van der Waals surface area (Å²) in [5.41, 5.74) is 7.58. The highest BCUT2D eigenvalue weighted by atomic mass is 16.5. The molecule has 17 heavy (non-hydrogen) atoms. The molecule has 0 saturated carbocycles. The van der Waals surface area contributed by atoms with Crippen LogP contribution >= 0.6 is 0 Å². The molecule has 88 valence electrons. The summed E-state index contributed by atoms with van der Waals surface area (Å²) in [6, 6.07) is 9.12. The van der Waals surface area contributed by atoms with E-state index in [4.69, 9.17) is 15.2 Å². The van der Waals surface area contributed by atoms with Crippen LogP contribution in [-0.4, -0.2) is 12.1 Å². The Morgan fingerprint density at radius 2 is 2.00 bits per heavy atom. The van der Waals surface area contributed by atoms with Gasteiger partial charge in [0.1, 0.15) is 11.5 Å². The second-order valence-electron chi connectivity index (χ2n) is 3.68. The van der Waals surface area contributed by atoms with Gasteiger partial charge in [-0.15, -0.1) is 0 Å². The molecule has 0 amide bonds. The van der Waals surface area contributed by atoms with Gasteiger partial charge in [-0.2, -0.15) is 0 Å². The van der Waals surface area contributed by atoms with E-state index in [0.29, 0.717) is 23.1 Å². The topological polar surface area (TPSA) is 57.4 Å². The average Bonchev–Trinajstić information content (AvgIpc) is 2.33. The fourth-order valence-corrected chi connectivity index (χ4v) is 1.45. The molecule has 0 saturated heterocycles. The van der Waals surface area contributed by atoms with Crippen LogP contribution in [0.1, 0.15) is 5.56 Å². The van der Waals surface area contributed by atoms with Crippen molar-refractivity contribution in [1.82, 2.24) is 4.98 Å². The van der Waals surface area contributed by atoms with Crippen LogP contribution in [0.5, 0.6) is 17.4 Å². The number of ether oxygens (including phenoxy) is 2. The van der Waals surface area contributed by atoms with E-state index in [-0.39, 0.29) is 0 Å². The molecular formula is C13H14N2O2. The van der Waals surface area contributed by atoms with Crippen LogP contribution in [0, 0.1) is 6.92 Å². The van der Waals surface area contributed by atoms with Crippen molar-refractivity contribution >= 4 is 5.69 Å². The van der Waals surface area contributed by atoms with Crippen molar-refractivity contribution in [2.75, 3.05) is 12.8 Å². The van der Waals surface area contributed by atoms with Crippen molar-refractivity contribution in [3.63, 3.8) is 0 Å². The number of aromatic nitrogens is 1. The number of nitrogen functional groups attached to an aromatic ring is 1. The summed E-state index contributed by atoms with van der Waals surface area (Å²) in [6.07, 6.45) is 1.62. The number of nitrogens with two attached hydrogens (primary N) is 1. The molecule has 1 heterocycles. The fraction of sp³-hybridized carbons (Fsp3) is 0.154. The molecule has 0 aliphatic carbocycles. The van der Waals surface area contributed by atoms with Crippen LogP contribution in [0.15, 0.2) is 36.5 Å². The summed E-state index contributed by atoms with van der Waals surface area (Å²) >= 11 is 0. The maximum absolute atomic E-state index is 5.87. The molecule has 0 atom stereocenters. The SMILES string of the molecule is COc1cc(Oc2ccc(C)cc2N)ccn1. The molecule has 4 nitrogen and oxygen atoms in total. The largest absolute Gasteiger partial charge is 0.481 e. The minimum atomic E-state index is 0.508. The Kier molecular flexibility index (Phi) is 3.14. The standard InChI is InChI=1S/C13H14N2O2/c1-9-3-4-12(11(14)7-9)17-10-5-6-15-13(8-10)16-2/h3-8H,14H2,1-2H3. The zero-order valence-corrected chi connectivity index (χ0v) is 9.81. The number of pyridine rings is 1. The first kappa shape index (κ1) is 11.3. The molecule has 0 fully saturated rings. The fourth-order valence-electron chi connectivity index (χ4n) is 1.45. The Morgan fingerprint density at radius 3 is 2.71 bits per heavy atom. The Hall–Kier alpha value is -2.23. The maximum atomic E-state index is 5.87. The van der Waals surface area contributed by atoms with Gasteiger partial charge in [-0.25, -0.2) is 4.98 Å². The lowest BCUT2D eigenvalue weighted by Gasteiger charge is -2.09. The molecule has 0 aliphatic rings. The molecule has 0 unspecified atom stereocenters. The highest BCUT2D eigenvalue weighted by molar-refractivity contribution is 5.55. The minimum Gasteiger partial charge on any atom is -0.481 e. The van der Waals surface area contributed by atoms with Crippen molar-refractivity contribution in [3.8, 4) is 17.4 Å². The molecular weight excluding hydrogens is 216 g/mol. The van der Waals surface area contributed by atoms with Gasteiger partial charge in [0.05, 0.1) is 12.8 Å². The molecule has 0 aliphatic heterocycles. The molecule has 4 heteroatoms. The third-order valence-electron chi connectivity index (χ3n) is 2.31. The van der Waals surface area contributed by atoms with Crippen molar-refractivity contribution < 1.29 is 9.47 Å². The first-order chi connectivity index (χ1) is 8.19. The lowest BCUT2D eigenvalue weighted by atomic mass is 10.2. The minimum absolute atomic E-state index is 0.508. The van der Waals surface area contributed by atoms with Crippen molar-refractivity contribution in [2.45, 2.75) is 6.92 Å². The second kappa shape index (κ2) is 4.74. The zero-order valence-electron chi connectivity index (χ0n) is 9.81. The Balaban J connectivity index is 2.25. The van der Waals surface area contributed by atoms with Crippen molar-refractivity contribution in [3.05, 3.63) is 42.1 Å². The Bertz CT molecular complexity index is 527. The molecule has 2 rings (SSSR count). The average molecular weight is 230 g/mol. The van der Waals surface area contributed by atoms with Gasteiger partial charge in [-0.1, -0.05) is 6.07 Å². The van der Waals surface area contributed by atoms with Crippen molar-refractivity contribution in [1.29, 1.82) is 0 Å². The normalized spacial score (nSPS) is 10.0. The van der Waals surface area contributed by atoms with Crippen LogP contribution in [-0.2, 0) is 0 Å². The van der Waals surface area contributed by atoms with Crippen molar-refractivity contribution in [2.24, 2.45) is 0 Å². The van der Waals surface area contributed by atoms with Crippen LogP contribution in [0.4, 0.5) is 5.69 Å². The summed E-state index contributed by atoms with van der Waals surface area (Å²) < 4.78 is 10.7. The summed E-state index contributed by atoms with van der Waals surface area (Å²) in [6.45, 7) is 1.98. The van der Waals surface area contributed by atoms with E-state index in [0.717, 1.165) is 5.56 Å². The van der Waals surface area contributed by atoms with Crippen LogP contribution in [0.3, 0.4) is 0 Å². The number of aryl methyl sites for hydroxylation is 1. The van der Waals surface area contributed by atoms with E-state index in [1.54, 1.807) is 25.4 Å². The lowest BCUT2D eigenvalue weighted by molar-refractivity contribution is 0.392. The van der Waals surface area contributed by atoms with E-state index < -0.39 is 0 Å². The van der Waals surface area contributed by atoms with Crippen LogP contribution in [0.2, 0.25) is 0 Å². The second-order valence-corrected chi connectivity index (χ2v) is 3.68. The lowest BCUT2D eigenvalue weighted by Crippen LogP contribution is -1.93. The molecule has 2 N–H and O–H groups in total. The van der Waals surface area contributed by atoms with Gasteiger partial charge in [-0.05, 0) is 30.7 Å². The number of rotatable bonds is 3. The number of benzene rings is 1. The molecule has 1 aromatic heterocycles. The predicted molar refractivity (Wildman–Crippen MR) is 66.5 cm³/mol. The highest BCUT2D eigenvalue weighted by Gasteiger charge is 2.03. The Morgan fingerprint density at radius 1 is 1.18 bits per heavy atom. The van der Waals surface area contributed by atoms with E-state index in [9.17, 15) is 0 Å². The smallest absolute Gasteiger partial charge is 0.216 e. The third kappa shape index (κ3) is 2.66. The van der Waals surface area contributed by atoms with Gasteiger partial charge in [0.15, 0.2) is 0 Å². The summed E-state index contributed by atoms with van der Waals surface area (Å²) in [5.74, 6) is 1.78. The number of anilines is 1. The zero-order chi connectivity index (χ0) is 12.3. The van der Waals surface area contributed by atoms with Gasteiger partial charge in [0.25, 0.3) is 0 Å². The molecule has 0 spiro atoms. The third-order valence-corrected chi connectivity index (χ3v) is 2.31. The van der Waals surface area contributed by atoms with Gasteiger partial charge in [0.2, 0.25) is 5.88 Å². The molecule has 2 aromatic rings. The quantitative estimate of drug-likeness (QED) is 0.824. The van der Waals surface area contributed by atoms with Gasteiger partial charge in [-0.3, -0.25) is 0 Å². The van der Waals surface area contributed by atoms with E-state index >= 15 is 0 Å². The number of methoxy groups -OCH3 is 1. The number of hydrogen-bond acceptors (Lipinski definition) is 4. The van der Waals surface area contributed by atoms with Crippen LogP contribution < -0.4 is 15.2 Å². The molecule has 0 bridgehead atoms. The van der Waals surface area contributed by atoms with E-state index in [1.807, 2.05) is 25.1 Å². The van der Waals surface area contributed by atoms with Gasteiger partial charge >= 0.3 is 0 Å². The molecule has 1 aromatic carbocycles. The maximum Gasteiger partial charge on any atom is 0.216 e. The number of hydrogen-bond donors (Lipinski definition) is 1. The highest BCUT2D eigenvalue weighted by Crippen LogP contribution is 2.29. The number of nitrogens with zero attached hydrogens (tertiary/aromatic N) is 1. The van der Waals surface area contributed by atoms with Gasteiger partial charge < -0.3 is 15.2 Å². The monoisotopic (exact) mass is 230 g/mol.